The van der Waals surface area contributed by atoms with E-state index in [1.54, 1.807) is 6.92 Å². The highest BCUT2D eigenvalue weighted by Gasteiger charge is 1.97. The summed E-state index contributed by atoms with van der Waals surface area (Å²) in [5.74, 6) is -2.57. The lowest BCUT2D eigenvalue weighted by molar-refractivity contribution is -0.297. The van der Waals surface area contributed by atoms with Gasteiger partial charge in [0, 0.05) is 12.5 Å². The van der Waals surface area contributed by atoms with Crippen LogP contribution in [0.5, 0.6) is 0 Å². The number of carbonyl (C=O) groups excluding carboxylic acids is 3. The summed E-state index contributed by atoms with van der Waals surface area (Å²) in [5.41, 5.74) is 4.03. The average molecular weight is 185 g/mol. The van der Waals surface area contributed by atoms with Crippen molar-refractivity contribution in [2.75, 3.05) is 0 Å². The summed E-state index contributed by atoms with van der Waals surface area (Å²) in [7, 11) is 0. The number of carboxylic acids is 1. The third kappa shape index (κ3) is 6.54. The zero-order valence-corrected chi connectivity index (χ0v) is 6.99. The molecule has 0 unspecified atom stereocenters. The van der Waals surface area contributed by atoms with Crippen molar-refractivity contribution in [2.45, 2.75) is 13.3 Å². The van der Waals surface area contributed by atoms with Gasteiger partial charge in [0.15, 0.2) is 0 Å². The Morgan fingerprint density at radius 3 is 2.31 bits per heavy atom. The zero-order valence-electron chi connectivity index (χ0n) is 6.99. The first-order valence-corrected chi connectivity index (χ1v) is 3.54. The monoisotopic (exact) mass is 185 g/mol. The highest BCUT2D eigenvalue weighted by atomic mass is 16.4. The van der Waals surface area contributed by atoms with Crippen LogP contribution in [-0.4, -0.2) is 17.8 Å². The van der Waals surface area contributed by atoms with Gasteiger partial charge in [-0.15, -0.1) is 0 Å². The lowest BCUT2D eigenvalue weighted by Crippen LogP contribution is -2.40. The number of amides is 2. The summed E-state index contributed by atoms with van der Waals surface area (Å²) >= 11 is 0. The fourth-order valence-electron chi connectivity index (χ4n) is 0.405. The van der Waals surface area contributed by atoms with E-state index in [9.17, 15) is 19.5 Å². The van der Waals surface area contributed by atoms with Crippen LogP contribution in [0.3, 0.4) is 0 Å². The van der Waals surface area contributed by atoms with E-state index < -0.39 is 11.9 Å². The van der Waals surface area contributed by atoms with Gasteiger partial charge >= 0.3 is 0 Å². The van der Waals surface area contributed by atoms with Crippen LogP contribution in [0.1, 0.15) is 13.3 Å². The van der Waals surface area contributed by atoms with Crippen molar-refractivity contribution in [3.8, 4) is 0 Å². The summed E-state index contributed by atoms with van der Waals surface area (Å²) in [5, 5.41) is 9.83. The van der Waals surface area contributed by atoms with Crippen molar-refractivity contribution >= 4 is 17.8 Å². The SMILES string of the molecule is CCC(=O)NNC(=O)C=CC(=O)[O-]. The number of carboxylic acid groups (broad SMARTS) is 1. The molecule has 72 valence electrons. The van der Waals surface area contributed by atoms with Gasteiger partial charge in [0.25, 0.3) is 5.91 Å². The summed E-state index contributed by atoms with van der Waals surface area (Å²) < 4.78 is 0. The van der Waals surface area contributed by atoms with E-state index in [4.69, 9.17) is 0 Å². The van der Waals surface area contributed by atoms with Crippen molar-refractivity contribution in [3.63, 3.8) is 0 Å². The molecule has 2 amide bonds. The molecule has 0 fully saturated rings. The Kier molecular flexibility index (Phi) is 4.94. The quantitative estimate of drug-likeness (QED) is 0.387. The molecule has 0 saturated heterocycles. The summed E-state index contributed by atoms with van der Waals surface area (Å²) in [4.78, 5) is 31.1. The van der Waals surface area contributed by atoms with Gasteiger partial charge in [0.05, 0.1) is 5.97 Å². The summed E-state index contributed by atoms with van der Waals surface area (Å²) in [6.07, 6.45) is 1.53. The molecule has 0 atom stereocenters. The maximum atomic E-state index is 10.7. The lowest BCUT2D eigenvalue weighted by Gasteiger charge is -2.02. The molecule has 0 aliphatic heterocycles. The third-order valence-corrected chi connectivity index (χ3v) is 1.02. The van der Waals surface area contributed by atoms with Gasteiger partial charge in [-0.25, -0.2) is 0 Å². The standard InChI is InChI=1S/C7H10N2O4/c1-2-5(10)8-9-6(11)3-4-7(12)13/h3-4H,2H2,1H3,(H,8,10)(H,9,11)(H,12,13)/p-1. The predicted octanol–water partition coefficient (Wildman–Crippen LogP) is -2.15. The predicted molar refractivity (Wildman–Crippen MR) is 40.7 cm³/mol. The molecule has 13 heavy (non-hydrogen) atoms. The highest BCUT2D eigenvalue weighted by Crippen LogP contribution is 1.73. The average Bonchev–Trinajstić information content (AvgIpc) is 2.10. The second-order valence-electron chi connectivity index (χ2n) is 2.04. The molecule has 0 aliphatic carbocycles. The Labute approximate surface area is 74.6 Å². The minimum absolute atomic E-state index is 0.227. The maximum Gasteiger partial charge on any atom is 0.262 e. The van der Waals surface area contributed by atoms with Crippen molar-refractivity contribution in [2.24, 2.45) is 0 Å². The molecule has 0 rings (SSSR count). The fourth-order valence-corrected chi connectivity index (χ4v) is 0.405. The van der Waals surface area contributed by atoms with Crippen LogP contribution in [0.25, 0.3) is 0 Å². The first kappa shape index (κ1) is 11.2. The summed E-state index contributed by atoms with van der Waals surface area (Å²) in [6, 6.07) is 0. The van der Waals surface area contributed by atoms with Crippen LogP contribution in [0.2, 0.25) is 0 Å². The minimum atomic E-state index is -1.48. The second kappa shape index (κ2) is 5.76. The lowest BCUT2D eigenvalue weighted by atomic mass is 10.4. The maximum absolute atomic E-state index is 10.7. The van der Waals surface area contributed by atoms with Gasteiger partial charge in [0.2, 0.25) is 5.91 Å². The number of rotatable bonds is 3. The Morgan fingerprint density at radius 1 is 1.23 bits per heavy atom. The van der Waals surface area contributed by atoms with E-state index in [1.807, 2.05) is 5.43 Å². The van der Waals surface area contributed by atoms with Crippen LogP contribution in [0.4, 0.5) is 0 Å². The zero-order chi connectivity index (χ0) is 10.3. The highest BCUT2D eigenvalue weighted by molar-refractivity contribution is 5.94. The molecule has 0 aromatic carbocycles. The molecule has 2 N–H and O–H groups in total. The Hall–Kier alpha value is -1.85. The van der Waals surface area contributed by atoms with E-state index in [0.29, 0.717) is 6.08 Å². The van der Waals surface area contributed by atoms with Gasteiger partial charge < -0.3 is 9.90 Å². The van der Waals surface area contributed by atoms with Crippen molar-refractivity contribution in [1.82, 2.24) is 10.9 Å². The van der Waals surface area contributed by atoms with Gasteiger partial charge in [-0.05, 0) is 6.08 Å². The molecule has 6 nitrogen and oxygen atoms in total. The molecule has 0 aromatic rings. The molecule has 0 radical (unpaired) electrons. The molecular formula is C7H9N2O4-. The number of nitrogens with one attached hydrogen (secondary N) is 2. The van der Waals surface area contributed by atoms with E-state index in [0.717, 1.165) is 6.08 Å². The van der Waals surface area contributed by atoms with Crippen LogP contribution in [0.15, 0.2) is 12.2 Å². The number of hydrogen-bond acceptors (Lipinski definition) is 4. The first-order chi connectivity index (χ1) is 6.06. The Morgan fingerprint density at radius 2 is 1.85 bits per heavy atom. The van der Waals surface area contributed by atoms with Gasteiger partial charge in [-0.1, -0.05) is 6.92 Å². The first-order valence-electron chi connectivity index (χ1n) is 3.54. The molecule has 0 aliphatic rings. The third-order valence-electron chi connectivity index (χ3n) is 1.02. The van der Waals surface area contributed by atoms with Crippen LogP contribution >= 0.6 is 0 Å². The number of hydrazine groups is 1. The molecule has 0 heterocycles. The Balaban J connectivity index is 3.76. The minimum Gasteiger partial charge on any atom is -0.545 e. The van der Waals surface area contributed by atoms with Gasteiger partial charge in [-0.3, -0.25) is 20.4 Å². The van der Waals surface area contributed by atoms with E-state index in [-0.39, 0.29) is 12.3 Å². The number of aliphatic carboxylic acids is 1. The topological polar surface area (TPSA) is 98.3 Å². The van der Waals surface area contributed by atoms with Crippen molar-refractivity contribution in [1.29, 1.82) is 0 Å². The fraction of sp³-hybridized carbons (Fsp3) is 0.286. The number of hydrogen-bond donors (Lipinski definition) is 2. The van der Waals surface area contributed by atoms with E-state index in [2.05, 4.69) is 5.43 Å². The molecule has 0 saturated carbocycles. The van der Waals surface area contributed by atoms with Crippen molar-refractivity contribution in [3.05, 3.63) is 12.2 Å². The largest absolute Gasteiger partial charge is 0.545 e. The van der Waals surface area contributed by atoms with Crippen molar-refractivity contribution < 1.29 is 19.5 Å². The smallest absolute Gasteiger partial charge is 0.262 e. The Bertz CT molecular complexity index is 247. The van der Waals surface area contributed by atoms with Crippen LogP contribution in [-0.2, 0) is 14.4 Å². The van der Waals surface area contributed by atoms with Gasteiger partial charge in [0.1, 0.15) is 0 Å². The van der Waals surface area contributed by atoms with E-state index >= 15 is 0 Å². The number of carbonyl (C=O) groups is 3. The molecule has 0 spiro atoms. The van der Waals surface area contributed by atoms with Gasteiger partial charge in [-0.2, -0.15) is 0 Å². The van der Waals surface area contributed by atoms with Crippen LogP contribution in [0, 0.1) is 0 Å². The summed E-state index contributed by atoms with van der Waals surface area (Å²) in [6.45, 7) is 1.61. The molecular weight excluding hydrogens is 176 g/mol. The molecule has 6 heteroatoms. The normalized spacial score (nSPS) is 9.62. The molecule has 0 aromatic heterocycles. The van der Waals surface area contributed by atoms with Crippen LogP contribution < -0.4 is 16.0 Å². The van der Waals surface area contributed by atoms with E-state index in [1.165, 1.54) is 0 Å². The second-order valence-corrected chi connectivity index (χ2v) is 2.04. The molecule has 0 bridgehead atoms.